The number of carbonyl (C=O) groups is 2. The van der Waals surface area contributed by atoms with Gasteiger partial charge in [-0.25, -0.2) is 9.97 Å². The van der Waals surface area contributed by atoms with Crippen LogP contribution in [0.15, 0.2) is 30.5 Å². The molecule has 102 valence electrons. The number of aryl methyl sites for hydroxylation is 1. The Morgan fingerprint density at radius 3 is 2.55 bits per heavy atom. The molecule has 0 aliphatic rings. The molecule has 2 aromatic rings. The SMILES string of the molecule is Cc1cccc(Nc2nc(C(N)=O)cnc2C(N)=O)c1. The summed E-state index contributed by atoms with van der Waals surface area (Å²) in [5, 5.41) is 2.91. The normalized spacial score (nSPS) is 10.1. The Bertz CT molecular complexity index is 684. The van der Waals surface area contributed by atoms with E-state index in [2.05, 4.69) is 15.3 Å². The van der Waals surface area contributed by atoms with E-state index in [9.17, 15) is 9.59 Å². The largest absolute Gasteiger partial charge is 0.364 e. The summed E-state index contributed by atoms with van der Waals surface area (Å²) in [6.45, 7) is 1.92. The van der Waals surface area contributed by atoms with Crippen LogP contribution in [0.5, 0.6) is 0 Å². The maximum Gasteiger partial charge on any atom is 0.271 e. The first kappa shape index (κ1) is 13.5. The molecule has 2 amide bonds. The van der Waals surface area contributed by atoms with Gasteiger partial charge in [0.1, 0.15) is 5.69 Å². The fraction of sp³-hybridized carbons (Fsp3) is 0.0769. The Morgan fingerprint density at radius 2 is 1.95 bits per heavy atom. The predicted molar refractivity (Wildman–Crippen MR) is 73.5 cm³/mol. The summed E-state index contributed by atoms with van der Waals surface area (Å²) >= 11 is 0. The van der Waals surface area contributed by atoms with Gasteiger partial charge in [-0.2, -0.15) is 0 Å². The number of benzene rings is 1. The number of anilines is 2. The minimum Gasteiger partial charge on any atom is -0.364 e. The quantitative estimate of drug-likeness (QED) is 0.756. The lowest BCUT2D eigenvalue weighted by molar-refractivity contribution is 0.0981. The van der Waals surface area contributed by atoms with Crippen molar-refractivity contribution in [2.75, 3.05) is 5.32 Å². The Balaban J connectivity index is 2.44. The molecule has 1 aromatic carbocycles. The van der Waals surface area contributed by atoms with Crippen molar-refractivity contribution in [1.82, 2.24) is 9.97 Å². The molecule has 0 spiro atoms. The predicted octanol–water partition coefficient (Wildman–Crippen LogP) is 0.726. The van der Waals surface area contributed by atoms with Crippen molar-refractivity contribution in [2.45, 2.75) is 6.92 Å². The zero-order valence-electron chi connectivity index (χ0n) is 10.8. The van der Waals surface area contributed by atoms with E-state index < -0.39 is 11.8 Å². The van der Waals surface area contributed by atoms with Crippen LogP contribution < -0.4 is 16.8 Å². The third-order valence-electron chi connectivity index (χ3n) is 2.54. The van der Waals surface area contributed by atoms with E-state index in [4.69, 9.17) is 11.5 Å². The summed E-state index contributed by atoms with van der Waals surface area (Å²) in [6, 6.07) is 7.40. The van der Waals surface area contributed by atoms with Gasteiger partial charge in [0.25, 0.3) is 11.8 Å². The summed E-state index contributed by atoms with van der Waals surface area (Å²) in [5.74, 6) is -1.39. The molecule has 1 aromatic heterocycles. The average molecular weight is 271 g/mol. The number of carbonyl (C=O) groups excluding carboxylic acids is 2. The van der Waals surface area contributed by atoms with Crippen LogP contribution in [0, 0.1) is 6.92 Å². The number of hydrogen-bond acceptors (Lipinski definition) is 5. The molecule has 0 saturated heterocycles. The molecule has 0 bridgehead atoms. The molecule has 20 heavy (non-hydrogen) atoms. The van der Waals surface area contributed by atoms with Crippen molar-refractivity contribution in [1.29, 1.82) is 0 Å². The third kappa shape index (κ3) is 2.89. The van der Waals surface area contributed by atoms with Gasteiger partial charge in [-0.15, -0.1) is 0 Å². The smallest absolute Gasteiger partial charge is 0.271 e. The highest BCUT2D eigenvalue weighted by Gasteiger charge is 2.15. The molecule has 0 aliphatic heterocycles. The third-order valence-corrected chi connectivity index (χ3v) is 2.54. The maximum atomic E-state index is 11.3. The van der Waals surface area contributed by atoms with Crippen LogP contribution in [0.1, 0.15) is 26.5 Å². The number of nitrogens with two attached hydrogens (primary N) is 2. The van der Waals surface area contributed by atoms with Gasteiger partial charge < -0.3 is 16.8 Å². The lowest BCUT2D eigenvalue weighted by atomic mass is 10.2. The van der Waals surface area contributed by atoms with Gasteiger partial charge in [-0.1, -0.05) is 12.1 Å². The Kier molecular flexibility index (Phi) is 3.60. The van der Waals surface area contributed by atoms with E-state index in [1.807, 2.05) is 25.1 Å². The lowest BCUT2D eigenvalue weighted by Gasteiger charge is -2.09. The standard InChI is InChI=1S/C13H13N5O2/c1-7-3-2-4-8(5-7)17-13-10(12(15)20)16-6-9(18-13)11(14)19/h2-6H,1H3,(H2,14,19)(H2,15,20)(H,17,18). The van der Waals surface area contributed by atoms with Gasteiger partial charge in [0, 0.05) is 5.69 Å². The molecule has 0 fully saturated rings. The second-order valence-electron chi connectivity index (χ2n) is 4.18. The van der Waals surface area contributed by atoms with Crippen LogP contribution in [-0.4, -0.2) is 21.8 Å². The van der Waals surface area contributed by atoms with Crippen LogP contribution in [-0.2, 0) is 0 Å². The molecular weight excluding hydrogens is 258 g/mol. The van der Waals surface area contributed by atoms with Gasteiger partial charge >= 0.3 is 0 Å². The minimum atomic E-state index is -0.747. The lowest BCUT2D eigenvalue weighted by Crippen LogP contribution is -2.20. The van der Waals surface area contributed by atoms with Gasteiger partial charge in [0.2, 0.25) is 0 Å². The molecule has 0 radical (unpaired) electrons. The van der Waals surface area contributed by atoms with Gasteiger partial charge in [-0.3, -0.25) is 9.59 Å². The van der Waals surface area contributed by atoms with Crippen molar-refractivity contribution >= 4 is 23.3 Å². The molecule has 5 N–H and O–H groups in total. The van der Waals surface area contributed by atoms with Crippen molar-refractivity contribution in [3.63, 3.8) is 0 Å². The second-order valence-corrected chi connectivity index (χ2v) is 4.18. The summed E-state index contributed by atoms with van der Waals surface area (Å²) in [5.41, 5.74) is 12.0. The first-order valence-electron chi connectivity index (χ1n) is 5.77. The van der Waals surface area contributed by atoms with Gasteiger partial charge in [0.15, 0.2) is 11.5 Å². The van der Waals surface area contributed by atoms with Crippen molar-refractivity contribution in [2.24, 2.45) is 11.5 Å². The molecule has 0 saturated carbocycles. The molecule has 0 atom stereocenters. The van der Waals surface area contributed by atoms with E-state index in [0.717, 1.165) is 11.8 Å². The number of rotatable bonds is 4. The van der Waals surface area contributed by atoms with Crippen molar-refractivity contribution < 1.29 is 9.59 Å². The Hall–Kier alpha value is -2.96. The van der Waals surface area contributed by atoms with Crippen LogP contribution >= 0.6 is 0 Å². The highest BCUT2D eigenvalue weighted by molar-refractivity contribution is 5.97. The zero-order chi connectivity index (χ0) is 14.7. The molecule has 0 aliphatic carbocycles. The van der Waals surface area contributed by atoms with E-state index >= 15 is 0 Å². The van der Waals surface area contributed by atoms with Crippen molar-refractivity contribution in [3.05, 3.63) is 47.4 Å². The Labute approximate surface area is 115 Å². The number of nitrogens with zero attached hydrogens (tertiary/aromatic N) is 2. The Morgan fingerprint density at radius 1 is 1.20 bits per heavy atom. The minimum absolute atomic E-state index is 0.0508. The second kappa shape index (κ2) is 5.35. The first-order valence-corrected chi connectivity index (χ1v) is 5.77. The monoisotopic (exact) mass is 271 g/mol. The maximum absolute atomic E-state index is 11.3. The molecule has 2 rings (SSSR count). The number of nitrogens with one attached hydrogen (secondary N) is 1. The number of amides is 2. The van der Waals surface area contributed by atoms with Crippen LogP contribution in [0.4, 0.5) is 11.5 Å². The summed E-state index contributed by atoms with van der Waals surface area (Å²) in [4.78, 5) is 30.2. The van der Waals surface area contributed by atoms with E-state index in [1.54, 1.807) is 6.07 Å². The molecular formula is C13H13N5O2. The first-order chi connectivity index (χ1) is 9.47. The average Bonchev–Trinajstić information content (AvgIpc) is 2.38. The van der Waals surface area contributed by atoms with Gasteiger partial charge in [-0.05, 0) is 24.6 Å². The van der Waals surface area contributed by atoms with Gasteiger partial charge in [0.05, 0.1) is 6.20 Å². The number of aromatic nitrogens is 2. The summed E-state index contributed by atoms with van der Waals surface area (Å²) < 4.78 is 0. The zero-order valence-corrected chi connectivity index (χ0v) is 10.8. The van der Waals surface area contributed by atoms with E-state index in [1.165, 1.54) is 0 Å². The molecule has 7 nitrogen and oxygen atoms in total. The number of hydrogen-bond donors (Lipinski definition) is 3. The highest BCUT2D eigenvalue weighted by Crippen LogP contribution is 2.18. The molecule has 7 heteroatoms. The summed E-state index contributed by atoms with van der Waals surface area (Å²) in [6.07, 6.45) is 1.11. The highest BCUT2D eigenvalue weighted by atomic mass is 16.1. The van der Waals surface area contributed by atoms with Crippen LogP contribution in [0.3, 0.4) is 0 Å². The number of primary amides is 2. The molecule has 1 heterocycles. The molecule has 0 unspecified atom stereocenters. The fourth-order valence-electron chi connectivity index (χ4n) is 1.63. The summed E-state index contributed by atoms with van der Waals surface area (Å²) in [7, 11) is 0. The van der Waals surface area contributed by atoms with Crippen molar-refractivity contribution in [3.8, 4) is 0 Å². The van der Waals surface area contributed by atoms with Crippen LogP contribution in [0.2, 0.25) is 0 Å². The topological polar surface area (TPSA) is 124 Å². The van der Waals surface area contributed by atoms with E-state index in [-0.39, 0.29) is 17.2 Å². The fourth-order valence-corrected chi connectivity index (χ4v) is 1.63. The van der Waals surface area contributed by atoms with Crippen LogP contribution in [0.25, 0.3) is 0 Å². The van der Waals surface area contributed by atoms with E-state index in [0.29, 0.717) is 5.69 Å².